The molecule has 0 saturated carbocycles. The van der Waals surface area contributed by atoms with Gasteiger partial charge in [-0.3, -0.25) is 9.59 Å². The van der Waals surface area contributed by atoms with E-state index in [1.807, 2.05) is 78.9 Å². The van der Waals surface area contributed by atoms with Crippen molar-refractivity contribution < 1.29 is 38.4 Å². The highest BCUT2D eigenvalue weighted by molar-refractivity contribution is 5.80. The van der Waals surface area contributed by atoms with E-state index < -0.39 is 41.9 Å². The van der Waals surface area contributed by atoms with Crippen molar-refractivity contribution in [3.8, 4) is 11.5 Å². The highest BCUT2D eigenvalue weighted by Crippen LogP contribution is 2.49. The van der Waals surface area contributed by atoms with E-state index in [-0.39, 0.29) is 12.5 Å². The van der Waals surface area contributed by atoms with Crippen LogP contribution in [0.15, 0.2) is 78.9 Å². The Labute approximate surface area is 264 Å². The molecule has 9 nitrogen and oxygen atoms in total. The molecule has 5 rings (SSSR count). The number of methoxy groups -OCH3 is 2. The van der Waals surface area contributed by atoms with Crippen LogP contribution in [0.25, 0.3) is 0 Å². The Morgan fingerprint density at radius 2 is 1.40 bits per heavy atom. The number of benzene rings is 3. The fourth-order valence-electron chi connectivity index (χ4n) is 6.54. The third-order valence-corrected chi connectivity index (χ3v) is 8.74. The van der Waals surface area contributed by atoms with Crippen LogP contribution in [0.4, 0.5) is 0 Å². The number of fused-ring (bicyclic) bond motifs is 2. The SMILES string of the molecule is COc1ccc(C(OC2C(OC(C)=O)C3CC(C(=O)NCCCCCCO)C2O3)(c2ccccc2)c2ccc(OC)cc2)cc1. The van der Waals surface area contributed by atoms with Crippen LogP contribution in [0.3, 0.4) is 0 Å². The summed E-state index contributed by atoms with van der Waals surface area (Å²) < 4.78 is 30.5. The van der Waals surface area contributed by atoms with Gasteiger partial charge in [0.25, 0.3) is 0 Å². The second kappa shape index (κ2) is 14.9. The third kappa shape index (κ3) is 7.01. The lowest BCUT2D eigenvalue weighted by atomic mass is 9.78. The maximum absolute atomic E-state index is 13.5. The number of hydrogen-bond acceptors (Lipinski definition) is 8. The summed E-state index contributed by atoms with van der Waals surface area (Å²) in [6.45, 7) is 2.10. The van der Waals surface area contributed by atoms with Gasteiger partial charge in [0.15, 0.2) is 6.10 Å². The molecule has 3 aromatic carbocycles. The van der Waals surface area contributed by atoms with Crippen LogP contribution in [0.1, 0.15) is 55.7 Å². The van der Waals surface area contributed by atoms with Gasteiger partial charge in [-0.15, -0.1) is 0 Å². The largest absolute Gasteiger partial charge is 0.497 e. The van der Waals surface area contributed by atoms with E-state index in [0.29, 0.717) is 24.5 Å². The number of unbranched alkanes of at least 4 members (excludes halogenated alkanes) is 3. The van der Waals surface area contributed by atoms with E-state index in [0.717, 1.165) is 42.4 Å². The minimum Gasteiger partial charge on any atom is -0.497 e. The molecule has 1 amide bonds. The van der Waals surface area contributed by atoms with E-state index >= 15 is 0 Å². The summed E-state index contributed by atoms with van der Waals surface area (Å²) in [5.41, 5.74) is 1.33. The average molecular weight is 618 g/mol. The maximum atomic E-state index is 13.5. The first kappa shape index (κ1) is 32.5. The summed E-state index contributed by atoms with van der Waals surface area (Å²) in [7, 11) is 3.24. The van der Waals surface area contributed by atoms with Crippen molar-refractivity contribution >= 4 is 11.9 Å². The van der Waals surface area contributed by atoms with E-state index in [1.54, 1.807) is 14.2 Å². The Morgan fingerprint density at radius 3 is 1.96 bits per heavy atom. The van der Waals surface area contributed by atoms with Gasteiger partial charge in [-0.25, -0.2) is 0 Å². The van der Waals surface area contributed by atoms with Crippen LogP contribution in [0.2, 0.25) is 0 Å². The van der Waals surface area contributed by atoms with Gasteiger partial charge in [0.2, 0.25) is 5.91 Å². The number of aliphatic hydroxyl groups excluding tert-OH is 1. The summed E-state index contributed by atoms with van der Waals surface area (Å²) in [6, 6.07) is 25.3. The first-order valence-corrected chi connectivity index (χ1v) is 15.6. The molecule has 9 heteroatoms. The number of amides is 1. The van der Waals surface area contributed by atoms with Gasteiger partial charge in [-0.1, -0.05) is 67.4 Å². The second-order valence-electron chi connectivity index (χ2n) is 11.6. The molecule has 2 bridgehead atoms. The monoisotopic (exact) mass is 617 g/mol. The number of hydrogen-bond donors (Lipinski definition) is 2. The molecule has 2 N–H and O–H groups in total. The minimum absolute atomic E-state index is 0.0984. The Balaban J connectivity index is 1.54. The number of carbonyl (C=O) groups excluding carboxylic acids is 2. The summed E-state index contributed by atoms with van der Waals surface area (Å²) in [6.07, 6.45) is 1.30. The van der Waals surface area contributed by atoms with Gasteiger partial charge in [0, 0.05) is 20.1 Å². The van der Waals surface area contributed by atoms with E-state index in [2.05, 4.69) is 5.32 Å². The quantitative estimate of drug-likeness (QED) is 0.143. The molecule has 2 saturated heterocycles. The topological polar surface area (TPSA) is 113 Å². The number of nitrogens with one attached hydrogen (secondary N) is 1. The summed E-state index contributed by atoms with van der Waals surface area (Å²) in [5, 5.41) is 12.1. The molecule has 0 spiro atoms. The normalized spacial score (nSPS) is 22.2. The second-order valence-corrected chi connectivity index (χ2v) is 11.6. The molecule has 2 aliphatic heterocycles. The van der Waals surface area contributed by atoms with Gasteiger partial charge in [0.05, 0.1) is 32.3 Å². The predicted octanol–water partition coefficient (Wildman–Crippen LogP) is 4.77. The molecule has 2 aliphatic rings. The Morgan fingerprint density at radius 1 is 0.822 bits per heavy atom. The fraction of sp³-hybridized carbons (Fsp3) is 0.444. The first-order valence-electron chi connectivity index (χ1n) is 15.6. The predicted molar refractivity (Wildman–Crippen MR) is 168 cm³/mol. The molecule has 240 valence electrons. The zero-order valence-corrected chi connectivity index (χ0v) is 26.1. The van der Waals surface area contributed by atoms with Crippen molar-refractivity contribution in [2.45, 2.75) is 69.0 Å². The molecule has 2 heterocycles. The van der Waals surface area contributed by atoms with Crippen LogP contribution in [0, 0.1) is 5.92 Å². The Bertz CT molecular complexity index is 1350. The van der Waals surface area contributed by atoms with Gasteiger partial charge >= 0.3 is 5.97 Å². The third-order valence-electron chi connectivity index (χ3n) is 8.74. The molecular formula is C36H43NO8. The van der Waals surface area contributed by atoms with Crippen molar-refractivity contribution in [1.82, 2.24) is 5.32 Å². The average Bonchev–Trinajstić information content (AvgIpc) is 3.65. The van der Waals surface area contributed by atoms with Crippen molar-refractivity contribution in [3.63, 3.8) is 0 Å². The molecule has 3 aromatic rings. The molecule has 0 radical (unpaired) electrons. The van der Waals surface area contributed by atoms with Crippen LogP contribution in [-0.2, 0) is 29.4 Å². The van der Waals surface area contributed by atoms with Crippen molar-refractivity contribution in [1.29, 1.82) is 0 Å². The molecule has 0 aromatic heterocycles. The van der Waals surface area contributed by atoms with E-state index in [9.17, 15) is 9.59 Å². The van der Waals surface area contributed by atoms with E-state index in [4.69, 9.17) is 28.8 Å². The number of rotatable bonds is 15. The number of aliphatic hydroxyl groups is 1. The highest BCUT2D eigenvalue weighted by Gasteiger charge is 2.61. The molecular weight excluding hydrogens is 574 g/mol. The summed E-state index contributed by atoms with van der Waals surface area (Å²) >= 11 is 0. The highest BCUT2D eigenvalue weighted by atomic mass is 16.6. The minimum atomic E-state index is -1.18. The van der Waals surface area contributed by atoms with E-state index in [1.165, 1.54) is 6.92 Å². The van der Waals surface area contributed by atoms with Gasteiger partial charge in [-0.05, 0) is 60.2 Å². The van der Waals surface area contributed by atoms with Crippen molar-refractivity contribution in [3.05, 3.63) is 95.6 Å². The zero-order valence-electron chi connectivity index (χ0n) is 26.1. The smallest absolute Gasteiger partial charge is 0.303 e. The summed E-state index contributed by atoms with van der Waals surface area (Å²) in [5.74, 6) is 0.394. The molecule has 5 atom stereocenters. The van der Waals surface area contributed by atoms with Gasteiger partial charge < -0.3 is 34.1 Å². The Hall–Kier alpha value is -3.92. The van der Waals surface area contributed by atoms with Crippen LogP contribution < -0.4 is 14.8 Å². The standard InChI is InChI=1S/C36H43NO8/c1-24(39)43-33-31-23-30(35(40)37-21-9-4-5-10-22-38)32(44-31)34(33)45-36(25-11-7-6-8-12-25,26-13-17-28(41-2)18-14-26)27-15-19-29(42-3)20-16-27/h6-8,11-20,30-34,38H,4-5,9-10,21-23H2,1-3H3,(H,37,40). The zero-order chi connectivity index (χ0) is 31.8. The molecule has 2 fully saturated rings. The Kier molecular flexibility index (Phi) is 10.8. The van der Waals surface area contributed by atoms with Crippen LogP contribution in [-0.4, -0.2) is 68.8 Å². The molecule has 0 aliphatic carbocycles. The number of esters is 1. The maximum Gasteiger partial charge on any atom is 0.303 e. The lowest BCUT2D eigenvalue weighted by Gasteiger charge is -2.42. The number of ether oxygens (including phenoxy) is 5. The van der Waals surface area contributed by atoms with Crippen molar-refractivity contribution in [2.75, 3.05) is 27.4 Å². The van der Waals surface area contributed by atoms with Crippen LogP contribution >= 0.6 is 0 Å². The first-order chi connectivity index (χ1) is 21.9. The van der Waals surface area contributed by atoms with Crippen LogP contribution in [0.5, 0.6) is 11.5 Å². The number of carbonyl (C=O) groups is 2. The lowest BCUT2D eigenvalue weighted by molar-refractivity contribution is -0.166. The molecule has 45 heavy (non-hydrogen) atoms. The van der Waals surface area contributed by atoms with Crippen molar-refractivity contribution in [2.24, 2.45) is 5.92 Å². The van der Waals surface area contributed by atoms with Gasteiger partial charge in [0.1, 0.15) is 23.2 Å². The molecule has 5 unspecified atom stereocenters. The lowest BCUT2D eigenvalue weighted by Crippen LogP contribution is -2.53. The summed E-state index contributed by atoms with van der Waals surface area (Å²) in [4.78, 5) is 25.8. The van der Waals surface area contributed by atoms with Gasteiger partial charge in [-0.2, -0.15) is 0 Å². The fourth-order valence-corrected chi connectivity index (χ4v) is 6.54.